The molecule has 19 N–H and O–H groups in total. The Morgan fingerprint density at radius 1 is 0.476 bits per heavy atom. The lowest BCUT2D eigenvalue weighted by molar-refractivity contribution is -0.153. The van der Waals surface area contributed by atoms with Crippen molar-refractivity contribution in [2.75, 3.05) is 6.61 Å². The number of nitrogens with one attached hydrogen (secondary N) is 11. The highest BCUT2D eigenvalue weighted by Gasteiger charge is 2.48. The molecule has 0 bridgehead atoms. The van der Waals surface area contributed by atoms with Crippen LogP contribution in [0.3, 0.4) is 0 Å². The number of halogens is 1. The highest BCUT2D eigenvalue weighted by molar-refractivity contribution is 6.01. The van der Waals surface area contributed by atoms with E-state index in [9.17, 15) is 93.0 Å². The molecule has 33 heteroatoms. The Morgan fingerprint density at radius 2 is 0.924 bits per heavy atom. The molecule has 0 fully saturated rings. The highest BCUT2D eigenvalue weighted by Crippen LogP contribution is 2.23. The number of aromatic amines is 1. The average Bonchev–Trinajstić information content (AvgIpc) is 1.07. The van der Waals surface area contributed by atoms with Crippen LogP contribution < -0.4 is 58.9 Å². The van der Waals surface area contributed by atoms with E-state index in [1.54, 1.807) is 65.2 Å². The number of hydrogen-bond acceptors (Lipinski definition) is 18. The summed E-state index contributed by atoms with van der Waals surface area (Å²) in [5.74, 6) is -21.5. The molecule has 0 spiro atoms. The van der Waals surface area contributed by atoms with Crippen molar-refractivity contribution in [3.63, 3.8) is 0 Å². The van der Waals surface area contributed by atoms with E-state index in [0.29, 0.717) is 23.7 Å². The number of aliphatic hydroxyl groups is 3. The predicted molar refractivity (Wildman–Crippen MR) is 374 cm³/mol. The topological polar surface area (TPSA) is 518 Å². The molecule has 0 unspecified atom stereocenters. The summed E-state index contributed by atoms with van der Waals surface area (Å²) >= 11 is 0. The van der Waals surface area contributed by atoms with E-state index in [4.69, 9.17) is 5.73 Å². The molecule has 6 aromatic rings. The van der Waals surface area contributed by atoms with Crippen LogP contribution >= 0.6 is 0 Å². The van der Waals surface area contributed by atoms with Gasteiger partial charge in [-0.15, -0.1) is 0 Å². The van der Waals surface area contributed by atoms with Gasteiger partial charge in [0.25, 0.3) is 11.7 Å². The van der Waals surface area contributed by atoms with Gasteiger partial charge in [-0.25, -0.2) is 14.2 Å². The third-order valence-corrected chi connectivity index (χ3v) is 16.6. The van der Waals surface area contributed by atoms with Crippen molar-refractivity contribution in [1.82, 2.24) is 63.1 Å². The van der Waals surface area contributed by atoms with Crippen molar-refractivity contribution in [2.24, 2.45) is 5.73 Å². The van der Waals surface area contributed by atoms with Crippen LogP contribution in [0.4, 0.5) is 4.39 Å². The Labute approximate surface area is 601 Å². The number of rotatable bonds is 39. The lowest BCUT2D eigenvalue weighted by Crippen LogP contribution is -2.68. The maximum absolute atomic E-state index is 17.3. The van der Waals surface area contributed by atoms with Crippen LogP contribution in [-0.2, 0) is 88.0 Å². The molecular formula is C72H86FN13O19. The molecule has 0 aliphatic carbocycles. The molecule has 0 saturated heterocycles. The first kappa shape index (κ1) is 82.1. The Balaban J connectivity index is 1.15. The number of hydrogen-bond donors (Lipinski definition) is 18. The number of imidazole rings is 1. The van der Waals surface area contributed by atoms with Gasteiger partial charge in [0.05, 0.1) is 37.2 Å². The van der Waals surface area contributed by atoms with E-state index in [-0.39, 0.29) is 24.8 Å². The van der Waals surface area contributed by atoms with Gasteiger partial charge in [-0.2, -0.15) is 0 Å². The van der Waals surface area contributed by atoms with Gasteiger partial charge in [0.15, 0.2) is 0 Å². The first-order valence-corrected chi connectivity index (χ1v) is 33.1. The number of H-pyrrole nitrogens is 1. The molecule has 10 amide bonds. The molecule has 0 radical (unpaired) electrons. The Kier molecular flexibility index (Phi) is 30.1. The number of nitrogens with zero attached hydrogens (tertiary/aromatic N) is 1. The van der Waals surface area contributed by atoms with Gasteiger partial charge < -0.3 is 94.5 Å². The maximum atomic E-state index is 17.3. The molecule has 5 aromatic carbocycles. The van der Waals surface area contributed by atoms with Crippen LogP contribution in [0.1, 0.15) is 76.3 Å². The summed E-state index contributed by atoms with van der Waals surface area (Å²) in [5.41, 5.74) is 9.21. The quantitative estimate of drug-likeness (QED) is 0.0208. The summed E-state index contributed by atoms with van der Waals surface area (Å²) in [6.45, 7) is 3.95. The molecule has 1 heterocycles. The van der Waals surface area contributed by atoms with Gasteiger partial charge in [-0.3, -0.25) is 57.5 Å². The zero-order valence-electron chi connectivity index (χ0n) is 57.8. The van der Waals surface area contributed by atoms with Crippen LogP contribution in [0.5, 0.6) is 0 Å². The molecule has 0 saturated carbocycles. The fourth-order valence-electron chi connectivity index (χ4n) is 10.5. The second-order valence-electron chi connectivity index (χ2n) is 25.4. The summed E-state index contributed by atoms with van der Waals surface area (Å²) in [6.07, 6.45) is -5.06. The lowest BCUT2D eigenvalue weighted by Gasteiger charge is -2.32. The number of aliphatic carboxylic acids is 3. The number of carbonyl (C=O) groups excluding carboxylic acids is 10. The minimum absolute atomic E-state index is 0.0178. The second-order valence-corrected chi connectivity index (χ2v) is 25.4. The van der Waals surface area contributed by atoms with Crippen molar-refractivity contribution in [3.05, 3.63) is 174 Å². The summed E-state index contributed by atoms with van der Waals surface area (Å²) in [7, 11) is 0. The van der Waals surface area contributed by atoms with Crippen molar-refractivity contribution >= 4 is 77.0 Å². The molecule has 32 nitrogen and oxygen atoms in total. The zero-order chi connectivity index (χ0) is 77.3. The lowest BCUT2D eigenvalue weighted by atomic mass is 9.98. The standard InChI is InChI=1S/C72H86FN13O19/c1-39(77-62(96)51(29-30-57(90)91)82-69(104)71(4,5)85-61(95)50(74)34-49-36-75-38-76-49)60(94)84-59(40(2)88)67(101)80-53(31-42-15-9-6-10-16-42)66(100)86-72(73,41(3)89)70(105)83-56(37-87)65(99)79-54(35-58(92)93)64(98)78-52(32-43-21-25-47(26-22-43)45-17-11-7-12-18-45)63(97)81-55(68(102)103)33-44-23-27-48(28-24-44)46-19-13-8-14-20-46/h6-28,36,38-41,50-56,59,87-89H,29-35,37,74H2,1-5H3,(H,75,76)(H,77,96)(H,78,98)(H,79,99)(H,80,101)(H,81,97)(H,82,104)(H,83,105)(H,84,94)(H,85,95)(H,86,100)(H,90,91)(H,92,93)(H,102,103)/t39-,40+,41+,50-,51-,52-,53-,54-,55-,56-,59-,72-/m0/s1. The van der Waals surface area contributed by atoms with Gasteiger partial charge in [-0.1, -0.05) is 140 Å². The van der Waals surface area contributed by atoms with Gasteiger partial charge in [0, 0.05) is 38.3 Å². The number of carboxylic acid groups (broad SMARTS) is 3. The molecule has 12 atom stereocenters. The van der Waals surface area contributed by atoms with Crippen LogP contribution in [0.25, 0.3) is 22.3 Å². The minimum atomic E-state index is -3.99. The van der Waals surface area contributed by atoms with Crippen LogP contribution in [0, 0.1) is 0 Å². The summed E-state index contributed by atoms with van der Waals surface area (Å²) < 4.78 is 17.3. The van der Waals surface area contributed by atoms with E-state index in [1.165, 1.54) is 50.6 Å². The Bertz CT molecular complexity index is 4010. The van der Waals surface area contributed by atoms with E-state index >= 15 is 4.39 Å². The molecule has 0 aliphatic rings. The van der Waals surface area contributed by atoms with E-state index in [1.807, 2.05) is 66.0 Å². The molecule has 105 heavy (non-hydrogen) atoms. The number of aromatic nitrogens is 2. The number of alkyl halides is 1. The third-order valence-electron chi connectivity index (χ3n) is 16.6. The maximum Gasteiger partial charge on any atom is 0.326 e. The average molecular weight is 1460 g/mol. The number of carboxylic acids is 3. The fourth-order valence-corrected chi connectivity index (χ4v) is 10.5. The number of nitrogens with two attached hydrogens (primary N) is 1. The zero-order valence-corrected chi connectivity index (χ0v) is 57.8. The van der Waals surface area contributed by atoms with E-state index < -0.39 is 187 Å². The first-order valence-electron chi connectivity index (χ1n) is 33.1. The highest BCUT2D eigenvalue weighted by atomic mass is 19.1. The largest absolute Gasteiger partial charge is 0.481 e. The SMILES string of the molecule is C[C@H](NC(=O)[C@H](CCC(=O)O)NC(=O)C(C)(C)NC(=O)[C@@H](N)Cc1c[nH]cn1)C(=O)N[C@H](C(=O)N[C@@H](Cc1ccccc1)C(=O)N[C@](F)(C(=O)N[C@@H](CO)C(=O)N[C@@H](CC(=O)O)C(=O)N[C@@H](Cc1ccc(-c2ccccc2)cc1)C(=O)N[C@@H](Cc1ccc(-c2ccccc2)cc1)C(=O)O)[C@@H](C)O)[C@@H](C)O. The summed E-state index contributed by atoms with van der Waals surface area (Å²) in [4.78, 5) is 182. The Hall–Kier alpha value is -11.8. The van der Waals surface area contributed by atoms with Crippen molar-refractivity contribution < 1.29 is 97.4 Å². The number of amides is 10. The second kappa shape index (κ2) is 38.5. The molecule has 1 aromatic heterocycles. The van der Waals surface area contributed by atoms with E-state index in [2.05, 4.69) is 47.2 Å². The van der Waals surface area contributed by atoms with Gasteiger partial charge in [0.1, 0.15) is 60.0 Å². The summed E-state index contributed by atoms with van der Waals surface area (Å²) in [6, 6.07) is 23.4. The number of carbonyl (C=O) groups is 13. The molecule has 560 valence electrons. The first-order chi connectivity index (χ1) is 49.7. The molecular weight excluding hydrogens is 1370 g/mol. The smallest absolute Gasteiger partial charge is 0.326 e. The van der Waals surface area contributed by atoms with Crippen molar-refractivity contribution in [1.29, 1.82) is 0 Å². The molecule has 6 rings (SSSR count). The summed E-state index contributed by atoms with van der Waals surface area (Å²) in [5, 5.41) is 84.0. The van der Waals surface area contributed by atoms with Gasteiger partial charge >= 0.3 is 17.9 Å². The van der Waals surface area contributed by atoms with Crippen molar-refractivity contribution in [3.8, 4) is 22.3 Å². The van der Waals surface area contributed by atoms with E-state index in [0.717, 1.165) is 36.1 Å². The third kappa shape index (κ3) is 24.7. The van der Waals surface area contributed by atoms with Crippen LogP contribution in [0.2, 0.25) is 0 Å². The minimum Gasteiger partial charge on any atom is -0.481 e. The predicted octanol–water partition coefficient (Wildman–Crippen LogP) is -0.905. The fraction of sp³-hybridized carbons (Fsp3) is 0.361. The van der Waals surface area contributed by atoms with Crippen molar-refractivity contribution in [2.45, 2.75) is 157 Å². The van der Waals surface area contributed by atoms with Crippen LogP contribution in [0.15, 0.2) is 152 Å². The normalized spacial score (nSPS) is 15.0. The van der Waals surface area contributed by atoms with Gasteiger partial charge in [-0.05, 0) is 80.0 Å². The molecule has 0 aliphatic heterocycles. The Morgan fingerprint density at radius 3 is 1.41 bits per heavy atom. The van der Waals surface area contributed by atoms with Crippen LogP contribution in [-0.4, -0.2) is 202 Å². The number of benzene rings is 5. The monoisotopic (exact) mass is 1460 g/mol. The number of aliphatic hydroxyl groups excluding tert-OH is 3. The van der Waals surface area contributed by atoms with Gasteiger partial charge in [0.2, 0.25) is 53.2 Å².